The van der Waals surface area contributed by atoms with Crippen LogP contribution in [0.15, 0.2) is 0 Å². The molecule has 0 aromatic carbocycles. The van der Waals surface area contributed by atoms with Gasteiger partial charge in [-0.2, -0.15) is 0 Å². The molecule has 0 aromatic rings. The van der Waals surface area contributed by atoms with E-state index in [-0.39, 0.29) is 28.9 Å². The summed E-state index contributed by atoms with van der Waals surface area (Å²) in [6, 6.07) is 0.210. The van der Waals surface area contributed by atoms with Crippen LogP contribution in [-0.2, 0) is 14.3 Å². The van der Waals surface area contributed by atoms with Gasteiger partial charge in [-0.05, 0) is 84.5 Å². The molecule has 2 atom stereocenters. The molecule has 1 saturated heterocycles. The summed E-state index contributed by atoms with van der Waals surface area (Å²) in [5, 5.41) is 3.47. The standard InChI is InChI=1S/C24H41N3O3/c1-22(2,3)26-7-9-27(10-8-26)23(4,5)20(28)25-19-17-11-16-12-18(19)15-24(13-16,14-17)21(29)30-6/h16-19H,7-15H2,1-6H3,(H,25,28). The van der Waals surface area contributed by atoms with E-state index in [0.717, 1.165) is 58.3 Å². The molecule has 0 radical (unpaired) electrons. The lowest BCUT2D eigenvalue weighted by atomic mass is 9.48. The molecule has 1 N–H and O–H groups in total. The molecule has 6 heteroatoms. The van der Waals surface area contributed by atoms with Gasteiger partial charge in [0.15, 0.2) is 0 Å². The van der Waals surface area contributed by atoms with Crippen molar-refractivity contribution >= 4 is 11.9 Å². The van der Waals surface area contributed by atoms with Gasteiger partial charge in [0.05, 0.1) is 18.1 Å². The Kier molecular flexibility index (Phi) is 5.50. The van der Waals surface area contributed by atoms with E-state index < -0.39 is 5.54 Å². The smallest absolute Gasteiger partial charge is 0.311 e. The van der Waals surface area contributed by atoms with Crippen molar-refractivity contribution in [1.82, 2.24) is 15.1 Å². The largest absolute Gasteiger partial charge is 0.469 e. The molecule has 170 valence electrons. The Morgan fingerprint density at radius 1 is 0.900 bits per heavy atom. The van der Waals surface area contributed by atoms with Crippen molar-refractivity contribution < 1.29 is 14.3 Å². The number of esters is 1. The summed E-state index contributed by atoms with van der Waals surface area (Å²) in [4.78, 5) is 30.8. The molecule has 30 heavy (non-hydrogen) atoms. The maximum absolute atomic E-state index is 13.4. The summed E-state index contributed by atoms with van der Waals surface area (Å²) >= 11 is 0. The van der Waals surface area contributed by atoms with Crippen LogP contribution in [0.25, 0.3) is 0 Å². The van der Waals surface area contributed by atoms with Gasteiger partial charge in [0.2, 0.25) is 5.91 Å². The van der Waals surface area contributed by atoms with E-state index >= 15 is 0 Å². The topological polar surface area (TPSA) is 61.9 Å². The number of rotatable bonds is 4. The quantitative estimate of drug-likeness (QED) is 0.710. The average molecular weight is 420 g/mol. The summed E-state index contributed by atoms with van der Waals surface area (Å²) in [6.07, 6.45) is 5.03. The third-order valence-electron chi connectivity index (χ3n) is 8.76. The van der Waals surface area contributed by atoms with Crippen LogP contribution in [-0.4, -0.2) is 72.1 Å². The molecule has 0 spiro atoms. The number of amides is 1. The molecule has 2 unspecified atom stereocenters. The fourth-order valence-corrected chi connectivity index (χ4v) is 7.13. The summed E-state index contributed by atoms with van der Waals surface area (Å²) in [5.41, 5.74) is -0.627. The van der Waals surface area contributed by atoms with Gasteiger partial charge >= 0.3 is 5.97 Å². The third-order valence-corrected chi connectivity index (χ3v) is 8.76. The number of piperazine rings is 1. The number of nitrogens with zero attached hydrogens (tertiary/aromatic N) is 2. The van der Waals surface area contributed by atoms with Crippen LogP contribution in [0.3, 0.4) is 0 Å². The monoisotopic (exact) mass is 419 g/mol. The first-order chi connectivity index (χ1) is 14.0. The van der Waals surface area contributed by atoms with E-state index in [2.05, 4.69) is 49.7 Å². The Labute approximate surface area is 182 Å². The molecule has 5 rings (SSSR count). The Morgan fingerprint density at radius 2 is 1.43 bits per heavy atom. The molecule has 1 heterocycles. The first kappa shape index (κ1) is 22.1. The lowest BCUT2D eigenvalue weighted by Crippen LogP contribution is -2.66. The predicted molar refractivity (Wildman–Crippen MR) is 117 cm³/mol. The van der Waals surface area contributed by atoms with Crippen LogP contribution in [0.2, 0.25) is 0 Å². The minimum atomic E-state index is -0.515. The second-order valence-electron chi connectivity index (χ2n) is 11.9. The summed E-state index contributed by atoms with van der Waals surface area (Å²) in [7, 11) is 1.52. The van der Waals surface area contributed by atoms with Gasteiger partial charge in [-0.3, -0.25) is 19.4 Å². The van der Waals surface area contributed by atoms with Gasteiger partial charge < -0.3 is 10.1 Å². The zero-order valence-corrected chi connectivity index (χ0v) is 19.8. The van der Waals surface area contributed by atoms with Crippen molar-refractivity contribution in [3.63, 3.8) is 0 Å². The van der Waals surface area contributed by atoms with Crippen LogP contribution < -0.4 is 5.32 Å². The predicted octanol–water partition coefficient (Wildman–Crippen LogP) is 2.67. The number of carbonyl (C=O) groups excluding carboxylic acids is 2. The summed E-state index contributed by atoms with van der Waals surface area (Å²) in [6.45, 7) is 14.8. The maximum Gasteiger partial charge on any atom is 0.311 e. The minimum Gasteiger partial charge on any atom is -0.469 e. The Hall–Kier alpha value is -1.14. The van der Waals surface area contributed by atoms with Crippen molar-refractivity contribution in [2.24, 2.45) is 23.2 Å². The molecule has 6 nitrogen and oxygen atoms in total. The number of hydrogen-bond donors (Lipinski definition) is 1. The first-order valence-electron chi connectivity index (χ1n) is 11.9. The van der Waals surface area contributed by atoms with E-state index in [1.165, 1.54) is 7.11 Å². The molecule has 1 amide bonds. The molecule has 4 saturated carbocycles. The molecular formula is C24H41N3O3. The van der Waals surface area contributed by atoms with E-state index in [9.17, 15) is 9.59 Å². The van der Waals surface area contributed by atoms with Crippen LogP contribution in [0.5, 0.6) is 0 Å². The van der Waals surface area contributed by atoms with Crippen molar-refractivity contribution in [3.8, 4) is 0 Å². The van der Waals surface area contributed by atoms with Crippen LogP contribution in [0.4, 0.5) is 0 Å². The number of methoxy groups -OCH3 is 1. The Balaban J connectivity index is 1.40. The lowest BCUT2D eigenvalue weighted by Gasteiger charge is -2.59. The zero-order valence-electron chi connectivity index (χ0n) is 19.8. The molecule has 4 bridgehead atoms. The van der Waals surface area contributed by atoms with Crippen molar-refractivity contribution in [3.05, 3.63) is 0 Å². The van der Waals surface area contributed by atoms with Gasteiger partial charge in [-0.15, -0.1) is 0 Å². The number of carbonyl (C=O) groups is 2. The van der Waals surface area contributed by atoms with Crippen molar-refractivity contribution in [2.45, 2.75) is 83.8 Å². The van der Waals surface area contributed by atoms with Crippen molar-refractivity contribution in [2.75, 3.05) is 33.3 Å². The highest BCUT2D eigenvalue weighted by Crippen LogP contribution is 2.60. The molecule has 5 aliphatic rings. The SMILES string of the molecule is COC(=O)C12CC3CC(C1)C(NC(=O)C(C)(C)N1CCN(C(C)(C)C)CC1)C(C3)C2. The molecule has 5 fully saturated rings. The highest BCUT2D eigenvalue weighted by Gasteiger charge is 2.59. The Morgan fingerprint density at radius 3 is 1.93 bits per heavy atom. The second-order valence-corrected chi connectivity index (χ2v) is 11.9. The number of ether oxygens (including phenoxy) is 1. The maximum atomic E-state index is 13.4. The summed E-state index contributed by atoms with van der Waals surface area (Å²) in [5.74, 6) is 1.56. The molecular weight excluding hydrogens is 378 g/mol. The molecule has 0 aromatic heterocycles. The van der Waals surface area contributed by atoms with Gasteiger partial charge in [0.1, 0.15) is 0 Å². The molecule has 4 aliphatic carbocycles. The lowest BCUT2D eigenvalue weighted by molar-refractivity contribution is -0.171. The number of nitrogens with one attached hydrogen (secondary N) is 1. The van der Waals surface area contributed by atoms with Gasteiger partial charge in [0.25, 0.3) is 0 Å². The van der Waals surface area contributed by atoms with Crippen LogP contribution in [0.1, 0.15) is 66.7 Å². The second kappa shape index (κ2) is 7.47. The minimum absolute atomic E-state index is 0.0243. The van der Waals surface area contributed by atoms with Crippen LogP contribution in [0, 0.1) is 23.2 Å². The van der Waals surface area contributed by atoms with Crippen molar-refractivity contribution in [1.29, 1.82) is 0 Å². The third kappa shape index (κ3) is 3.68. The van der Waals surface area contributed by atoms with Crippen LogP contribution >= 0.6 is 0 Å². The Bertz CT molecular complexity index is 674. The number of hydrogen-bond acceptors (Lipinski definition) is 5. The fraction of sp³-hybridized carbons (Fsp3) is 0.917. The normalized spacial score (nSPS) is 37.3. The fourth-order valence-electron chi connectivity index (χ4n) is 7.13. The summed E-state index contributed by atoms with van der Waals surface area (Å²) < 4.78 is 5.18. The average Bonchev–Trinajstić information content (AvgIpc) is 2.68. The van der Waals surface area contributed by atoms with Gasteiger partial charge in [-0.25, -0.2) is 0 Å². The zero-order chi connectivity index (χ0) is 21.9. The van der Waals surface area contributed by atoms with Gasteiger partial charge in [-0.1, -0.05) is 0 Å². The van der Waals surface area contributed by atoms with E-state index in [0.29, 0.717) is 17.8 Å². The highest BCUT2D eigenvalue weighted by atomic mass is 16.5. The molecule has 1 aliphatic heterocycles. The first-order valence-corrected chi connectivity index (χ1v) is 11.9. The van der Waals surface area contributed by atoms with E-state index in [4.69, 9.17) is 4.74 Å². The highest BCUT2D eigenvalue weighted by molar-refractivity contribution is 5.86. The van der Waals surface area contributed by atoms with E-state index in [1.807, 2.05) is 0 Å². The van der Waals surface area contributed by atoms with E-state index in [1.54, 1.807) is 0 Å². The van der Waals surface area contributed by atoms with Gasteiger partial charge in [0, 0.05) is 37.8 Å².